The van der Waals surface area contributed by atoms with Gasteiger partial charge in [-0.3, -0.25) is 0 Å². The maximum absolute atomic E-state index is 12.8. The first-order valence-electron chi connectivity index (χ1n) is 6.27. The van der Waals surface area contributed by atoms with Gasteiger partial charge in [-0.05, 0) is 63.3 Å². The van der Waals surface area contributed by atoms with E-state index in [-0.39, 0.29) is 29.1 Å². The van der Waals surface area contributed by atoms with Crippen LogP contribution in [0.25, 0.3) is 0 Å². The number of allylic oxidation sites excluding steroid dienone is 2. The minimum atomic E-state index is -5.61. The summed E-state index contributed by atoms with van der Waals surface area (Å²) < 4.78 is 67.2. The molecule has 0 saturated heterocycles. The molecule has 0 heterocycles. The van der Waals surface area contributed by atoms with Crippen LogP contribution in [0.2, 0.25) is 0 Å². The predicted octanol–water partition coefficient (Wildman–Crippen LogP) is 5.90. The van der Waals surface area contributed by atoms with E-state index < -0.39 is 18.1 Å². The van der Waals surface area contributed by atoms with Crippen molar-refractivity contribution < 1.29 is 31.5 Å². The Kier molecular flexibility index (Phi) is 7.43. The van der Waals surface area contributed by atoms with E-state index in [0.29, 0.717) is 5.56 Å². The lowest BCUT2D eigenvalue weighted by atomic mass is 10.2. The molecule has 0 aliphatic carbocycles. The number of hydrogen-bond acceptors (Lipinski definition) is 2. The molecule has 23 heavy (non-hydrogen) atoms. The number of carbonyl (C=O) groups excluding carboxylic acids is 1. The van der Waals surface area contributed by atoms with E-state index >= 15 is 0 Å². The molecular weight excluding hydrogens is 502 g/mol. The summed E-state index contributed by atoms with van der Waals surface area (Å²) in [6.07, 6.45) is -5.63. The van der Waals surface area contributed by atoms with Crippen LogP contribution in [0.3, 0.4) is 0 Å². The summed E-state index contributed by atoms with van der Waals surface area (Å²) in [5.74, 6) is -5.45. The third-order valence-corrected chi connectivity index (χ3v) is 3.97. The van der Waals surface area contributed by atoms with E-state index in [1.807, 2.05) is 0 Å². The van der Waals surface area contributed by atoms with Crippen LogP contribution in [-0.4, -0.2) is 24.7 Å². The molecule has 0 saturated carbocycles. The van der Waals surface area contributed by atoms with Crippen LogP contribution in [0, 0.1) is 0 Å². The molecule has 0 unspecified atom stereocenters. The molecule has 0 aliphatic heterocycles. The first kappa shape index (κ1) is 20.3. The number of rotatable bonds is 6. The summed E-state index contributed by atoms with van der Waals surface area (Å²) in [6, 6.07) is 6.39. The Hall–Kier alpha value is -0.710. The van der Waals surface area contributed by atoms with Gasteiger partial charge in [-0.15, -0.1) is 0 Å². The van der Waals surface area contributed by atoms with E-state index in [1.54, 1.807) is 24.3 Å². The number of ether oxygens (including phenoxy) is 1. The fourth-order valence-corrected chi connectivity index (χ4v) is 2.46. The lowest BCUT2D eigenvalue weighted by Crippen LogP contribution is -2.34. The zero-order chi connectivity index (χ0) is 17.7. The van der Waals surface area contributed by atoms with Crippen molar-refractivity contribution >= 4 is 44.5 Å². The molecule has 1 aromatic carbocycles. The Morgan fingerprint density at radius 1 is 1.17 bits per heavy atom. The molecule has 1 aromatic rings. The number of carbonyl (C=O) groups is 1. The molecular formula is C14H11BrF5IO2. The summed E-state index contributed by atoms with van der Waals surface area (Å²) in [5, 5.41) is 0. The van der Waals surface area contributed by atoms with Crippen LogP contribution in [0.15, 0.2) is 38.4 Å². The third kappa shape index (κ3) is 6.74. The van der Waals surface area contributed by atoms with Gasteiger partial charge >= 0.3 is 18.1 Å². The van der Waals surface area contributed by atoms with Crippen LogP contribution in [0.5, 0.6) is 0 Å². The molecule has 0 amide bonds. The first-order valence-corrected chi connectivity index (χ1v) is 8.14. The summed E-state index contributed by atoms with van der Waals surface area (Å²) in [4.78, 5) is 11.6. The van der Waals surface area contributed by atoms with E-state index in [1.165, 1.54) is 22.6 Å². The number of benzene rings is 1. The van der Waals surface area contributed by atoms with Crippen molar-refractivity contribution in [3.05, 3.63) is 44.0 Å². The summed E-state index contributed by atoms with van der Waals surface area (Å²) in [7, 11) is 0. The van der Waals surface area contributed by atoms with Crippen molar-refractivity contribution in [3.8, 4) is 0 Å². The van der Waals surface area contributed by atoms with Gasteiger partial charge in [-0.2, -0.15) is 22.0 Å². The molecule has 0 atom stereocenters. The molecule has 128 valence electrons. The number of hydrogen-bond donors (Lipinski definition) is 0. The second-order valence-electron chi connectivity index (χ2n) is 4.46. The average Bonchev–Trinajstić information content (AvgIpc) is 2.42. The van der Waals surface area contributed by atoms with Gasteiger partial charge in [0.2, 0.25) is 0 Å². The first-order chi connectivity index (χ1) is 10.5. The van der Waals surface area contributed by atoms with Crippen molar-refractivity contribution in [3.63, 3.8) is 0 Å². The van der Waals surface area contributed by atoms with Gasteiger partial charge in [0.25, 0.3) is 0 Å². The number of halogens is 7. The second kappa shape index (κ2) is 8.41. The highest BCUT2D eigenvalue weighted by atomic mass is 127. The molecule has 0 spiro atoms. The molecule has 0 aliphatic rings. The van der Waals surface area contributed by atoms with E-state index in [0.717, 1.165) is 4.47 Å². The Morgan fingerprint density at radius 3 is 2.26 bits per heavy atom. The fourth-order valence-electron chi connectivity index (χ4n) is 1.43. The molecule has 0 fully saturated rings. The Labute approximate surface area is 151 Å². The van der Waals surface area contributed by atoms with E-state index in [4.69, 9.17) is 4.74 Å². The summed E-state index contributed by atoms with van der Waals surface area (Å²) >= 11 is 4.63. The molecule has 9 heteroatoms. The lowest BCUT2D eigenvalue weighted by molar-refractivity contribution is -0.259. The largest absolute Gasteiger partial charge is 0.462 e. The smallest absolute Gasteiger partial charge is 0.457 e. The molecule has 0 N–H and O–H groups in total. The Morgan fingerprint density at radius 2 is 1.74 bits per heavy atom. The molecule has 0 radical (unpaired) electrons. The summed E-state index contributed by atoms with van der Waals surface area (Å²) in [5.41, 5.74) is 0.321. The van der Waals surface area contributed by atoms with E-state index in [9.17, 15) is 26.7 Å². The fraction of sp³-hybridized carbons (Fsp3) is 0.357. The van der Waals surface area contributed by atoms with Crippen LogP contribution < -0.4 is 0 Å². The number of alkyl halides is 5. The van der Waals surface area contributed by atoms with Gasteiger partial charge in [0.15, 0.2) is 0 Å². The SMILES string of the molecule is O=C(OCCCC(I)=CC(F)(F)C(F)(F)F)c1ccc(Br)cc1. The van der Waals surface area contributed by atoms with Crippen LogP contribution in [-0.2, 0) is 4.74 Å². The van der Waals surface area contributed by atoms with Gasteiger partial charge < -0.3 is 4.74 Å². The maximum Gasteiger partial charge on any atom is 0.457 e. The monoisotopic (exact) mass is 512 g/mol. The molecule has 1 rings (SSSR count). The third-order valence-electron chi connectivity index (χ3n) is 2.59. The second-order valence-corrected chi connectivity index (χ2v) is 6.76. The van der Waals surface area contributed by atoms with Crippen LogP contribution in [0.1, 0.15) is 23.2 Å². The van der Waals surface area contributed by atoms with Crippen LogP contribution >= 0.6 is 38.5 Å². The minimum absolute atomic E-state index is 0.0418. The Balaban J connectivity index is 2.42. The highest BCUT2D eigenvalue weighted by molar-refractivity contribution is 14.1. The topological polar surface area (TPSA) is 26.3 Å². The maximum atomic E-state index is 12.8. The normalized spacial score (nSPS) is 13.1. The minimum Gasteiger partial charge on any atom is -0.462 e. The zero-order valence-electron chi connectivity index (χ0n) is 11.5. The quantitative estimate of drug-likeness (QED) is 0.205. The standard InChI is InChI=1S/C14H11BrF5IO2/c15-10-5-3-9(4-6-10)12(22)23-7-1-2-11(21)8-13(16,17)14(18,19)20/h3-6,8H,1-2,7H2. The summed E-state index contributed by atoms with van der Waals surface area (Å²) in [6.45, 7) is -0.0766. The van der Waals surface area contributed by atoms with Crippen molar-refractivity contribution in [1.29, 1.82) is 0 Å². The molecule has 2 nitrogen and oxygen atoms in total. The predicted molar refractivity (Wildman–Crippen MR) is 86.8 cm³/mol. The number of esters is 1. The molecule has 0 bridgehead atoms. The van der Waals surface area contributed by atoms with Crippen molar-refractivity contribution in [2.75, 3.05) is 6.61 Å². The lowest BCUT2D eigenvalue weighted by Gasteiger charge is -2.16. The van der Waals surface area contributed by atoms with Crippen molar-refractivity contribution in [2.45, 2.75) is 24.9 Å². The van der Waals surface area contributed by atoms with Gasteiger partial charge in [0.1, 0.15) is 0 Å². The zero-order valence-corrected chi connectivity index (χ0v) is 15.2. The van der Waals surface area contributed by atoms with Crippen molar-refractivity contribution in [1.82, 2.24) is 0 Å². The van der Waals surface area contributed by atoms with Gasteiger partial charge in [-0.1, -0.05) is 15.9 Å². The van der Waals surface area contributed by atoms with Gasteiger partial charge in [0, 0.05) is 10.5 Å². The van der Waals surface area contributed by atoms with Gasteiger partial charge in [-0.25, -0.2) is 4.79 Å². The highest BCUT2D eigenvalue weighted by Gasteiger charge is 2.55. The van der Waals surface area contributed by atoms with Crippen LogP contribution in [0.4, 0.5) is 22.0 Å². The molecule has 0 aromatic heterocycles. The Bertz CT molecular complexity index is 570. The highest BCUT2D eigenvalue weighted by Crippen LogP contribution is 2.38. The van der Waals surface area contributed by atoms with Gasteiger partial charge in [0.05, 0.1) is 12.2 Å². The van der Waals surface area contributed by atoms with E-state index in [2.05, 4.69) is 15.9 Å². The average molecular weight is 513 g/mol. The van der Waals surface area contributed by atoms with Crippen molar-refractivity contribution in [2.24, 2.45) is 0 Å².